The van der Waals surface area contributed by atoms with E-state index in [-0.39, 0.29) is 11.5 Å². The summed E-state index contributed by atoms with van der Waals surface area (Å²) < 4.78 is 1.83. The molecule has 4 rings (SSSR count). The number of carbonyl (C=O) groups is 1. The summed E-state index contributed by atoms with van der Waals surface area (Å²) in [6.07, 6.45) is 13.4. The van der Waals surface area contributed by atoms with Gasteiger partial charge in [0, 0.05) is 25.1 Å². The third kappa shape index (κ3) is 4.18. The molecule has 28 heavy (non-hydrogen) atoms. The van der Waals surface area contributed by atoms with Crippen LogP contribution >= 0.6 is 0 Å². The Morgan fingerprint density at radius 2 is 1.93 bits per heavy atom. The van der Waals surface area contributed by atoms with Gasteiger partial charge in [-0.2, -0.15) is 0 Å². The normalized spacial score (nSPS) is 17.4. The summed E-state index contributed by atoms with van der Waals surface area (Å²) in [5.74, 6) is 0.769. The average Bonchev–Trinajstić information content (AvgIpc) is 2.70. The maximum Gasteiger partial charge on any atom is 0.261 e. The van der Waals surface area contributed by atoms with Crippen LogP contribution in [0.15, 0.2) is 34.6 Å². The summed E-state index contributed by atoms with van der Waals surface area (Å²) in [6.45, 7) is 1.40. The number of rotatable bonds is 4. The fourth-order valence-electron chi connectivity index (χ4n) is 4.31. The number of aryl methyl sites for hydroxylation is 1. The average molecular weight is 380 g/mol. The third-order valence-electron chi connectivity index (χ3n) is 5.95. The molecule has 0 radical (unpaired) electrons. The SMILES string of the molecule is O=C(NCCC1=CCCCC1)c1ccc2c(=O)n3c(nc2c1)CCCCCC3. The van der Waals surface area contributed by atoms with Gasteiger partial charge in [-0.1, -0.05) is 24.5 Å². The van der Waals surface area contributed by atoms with Crippen LogP contribution in [0.1, 0.15) is 74.0 Å². The first-order valence-corrected chi connectivity index (χ1v) is 10.7. The van der Waals surface area contributed by atoms with Crippen molar-refractivity contribution in [2.24, 2.45) is 0 Å². The number of hydrogen-bond acceptors (Lipinski definition) is 3. The van der Waals surface area contributed by atoms with E-state index in [4.69, 9.17) is 4.98 Å². The number of carbonyl (C=O) groups excluding carboxylic acids is 1. The van der Waals surface area contributed by atoms with E-state index < -0.39 is 0 Å². The molecule has 5 nitrogen and oxygen atoms in total. The number of aromatic nitrogens is 2. The Kier molecular flexibility index (Phi) is 5.89. The lowest BCUT2D eigenvalue weighted by Crippen LogP contribution is -2.27. The summed E-state index contributed by atoms with van der Waals surface area (Å²) in [5, 5.41) is 3.62. The number of nitrogens with zero attached hydrogens (tertiary/aromatic N) is 2. The van der Waals surface area contributed by atoms with Gasteiger partial charge in [0.2, 0.25) is 0 Å². The fourth-order valence-corrected chi connectivity index (χ4v) is 4.31. The zero-order valence-electron chi connectivity index (χ0n) is 16.5. The first-order chi connectivity index (χ1) is 13.7. The molecule has 1 aromatic carbocycles. The van der Waals surface area contributed by atoms with Crippen LogP contribution in [0.2, 0.25) is 0 Å². The molecule has 1 amide bonds. The van der Waals surface area contributed by atoms with E-state index in [0.717, 1.165) is 44.5 Å². The Morgan fingerprint density at radius 1 is 1.07 bits per heavy atom. The highest BCUT2D eigenvalue weighted by Gasteiger charge is 2.15. The van der Waals surface area contributed by atoms with Gasteiger partial charge in [0.25, 0.3) is 11.5 Å². The molecule has 0 saturated carbocycles. The van der Waals surface area contributed by atoms with Crippen molar-refractivity contribution in [3.8, 4) is 0 Å². The molecule has 0 spiro atoms. The lowest BCUT2D eigenvalue weighted by molar-refractivity contribution is 0.0954. The molecule has 148 valence electrons. The Balaban J connectivity index is 1.51. The standard InChI is InChI=1S/C23H29N3O2/c27-22(24-14-13-17-8-4-3-5-9-17)18-11-12-19-20(16-18)25-21-10-6-1-2-7-15-26(21)23(19)28/h8,11-12,16H,1-7,9-10,13-15H2,(H,24,27). The first-order valence-electron chi connectivity index (χ1n) is 10.7. The lowest BCUT2D eigenvalue weighted by Gasteiger charge is -2.16. The van der Waals surface area contributed by atoms with Gasteiger partial charge in [0.1, 0.15) is 5.82 Å². The molecule has 2 aliphatic rings. The minimum absolute atomic E-state index is 0.0260. The van der Waals surface area contributed by atoms with Crippen LogP contribution in [-0.4, -0.2) is 22.0 Å². The predicted molar refractivity (Wildman–Crippen MR) is 112 cm³/mol. The van der Waals surface area contributed by atoms with Crippen molar-refractivity contribution < 1.29 is 4.79 Å². The van der Waals surface area contributed by atoms with Crippen LogP contribution in [0.3, 0.4) is 0 Å². The molecule has 1 aliphatic heterocycles. The van der Waals surface area contributed by atoms with Crippen LogP contribution in [0.5, 0.6) is 0 Å². The number of allylic oxidation sites excluding steroid dienone is 1. The van der Waals surface area contributed by atoms with E-state index in [9.17, 15) is 9.59 Å². The Hall–Kier alpha value is -2.43. The van der Waals surface area contributed by atoms with E-state index in [1.54, 1.807) is 18.2 Å². The number of nitrogens with one attached hydrogen (secondary N) is 1. The van der Waals surface area contributed by atoms with Crippen molar-refractivity contribution in [2.75, 3.05) is 6.54 Å². The third-order valence-corrected chi connectivity index (χ3v) is 5.95. The van der Waals surface area contributed by atoms with Gasteiger partial charge in [-0.05, 0) is 63.1 Å². The monoisotopic (exact) mass is 379 g/mol. The molecule has 5 heteroatoms. The smallest absolute Gasteiger partial charge is 0.261 e. The highest BCUT2D eigenvalue weighted by molar-refractivity contribution is 5.97. The van der Waals surface area contributed by atoms with E-state index in [1.165, 1.54) is 37.7 Å². The second-order valence-corrected chi connectivity index (χ2v) is 8.00. The van der Waals surface area contributed by atoms with E-state index in [1.807, 2.05) is 4.57 Å². The highest BCUT2D eigenvalue weighted by atomic mass is 16.1. The number of benzene rings is 1. The molecule has 1 N–H and O–H groups in total. The molecule has 0 fully saturated rings. The molecule has 2 aromatic rings. The zero-order chi connectivity index (χ0) is 19.3. The summed E-state index contributed by atoms with van der Waals surface area (Å²) in [5.41, 5.74) is 2.70. The van der Waals surface area contributed by atoms with E-state index in [0.29, 0.717) is 23.0 Å². The van der Waals surface area contributed by atoms with Crippen molar-refractivity contribution in [1.82, 2.24) is 14.9 Å². The van der Waals surface area contributed by atoms with E-state index >= 15 is 0 Å². The molecule has 1 aromatic heterocycles. The minimum atomic E-state index is -0.0908. The minimum Gasteiger partial charge on any atom is -0.352 e. The Bertz CT molecular complexity index is 958. The topological polar surface area (TPSA) is 64.0 Å². The largest absolute Gasteiger partial charge is 0.352 e. The van der Waals surface area contributed by atoms with Crippen LogP contribution < -0.4 is 10.9 Å². The molecule has 0 unspecified atom stereocenters. The molecule has 0 atom stereocenters. The first kappa shape index (κ1) is 18.9. The van der Waals surface area contributed by atoms with Crippen molar-refractivity contribution in [3.63, 3.8) is 0 Å². The van der Waals surface area contributed by atoms with Crippen LogP contribution in [-0.2, 0) is 13.0 Å². The second-order valence-electron chi connectivity index (χ2n) is 8.00. The second kappa shape index (κ2) is 8.72. The number of amides is 1. The zero-order valence-corrected chi connectivity index (χ0v) is 16.5. The maximum atomic E-state index is 12.9. The highest BCUT2D eigenvalue weighted by Crippen LogP contribution is 2.20. The Labute approximate surface area is 165 Å². The van der Waals surface area contributed by atoms with Gasteiger partial charge in [-0.3, -0.25) is 14.2 Å². The van der Waals surface area contributed by atoms with Gasteiger partial charge in [-0.25, -0.2) is 4.98 Å². The molecule has 0 saturated heterocycles. The van der Waals surface area contributed by atoms with E-state index in [2.05, 4.69) is 11.4 Å². The van der Waals surface area contributed by atoms with Gasteiger partial charge in [-0.15, -0.1) is 0 Å². The molecule has 0 bridgehead atoms. The fraction of sp³-hybridized carbons (Fsp3) is 0.522. The molecular formula is C23H29N3O2. The van der Waals surface area contributed by atoms with Gasteiger partial charge in [0.15, 0.2) is 0 Å². The predicted octanol–water partition coefficient (Wildman–Crippen LogP) is 4.13. The van der Waals surface area contributed by atoms with Crippen molar-refractivity contribution in [1.29, 1.82) is 0 Å². The van der Waals surface area contributed by atoms with Crippen molar-refractivity contribution in [2.45, 2.75) is 70.8 Å². The van der Waals surface area contributed by atoms with Crippen molar-refractivity contribution >= 4 is 16.8 Å². The molecular weight excluding hydrogens is 350 g/mol. The summed E-state index contributed by atoms with van der Waals surface area (Å²) in [7, 11) is 0. The molecule has 2 heterocycles. The Morgan fingerprint density at radius 3 is 2.79 bits per heavy atom. The van der Waals surface area contributed by atoms with Gasteiger partial charge >= 0.3 is 0 Å². The molecule has 1 aliphatic carbocycles. The van der Waals surface area contributed by atoms with Gasteiger partial charge in [0.05, 0.1) is 10.9 Å². The van der Waals surface area contributed by atoms with Gasteiger partial charge < -0.3 is 5.32 Å². The summed E-state index contributed by atoms with van der Waals surface area (Å²) in [6, 6.07) is 5.28. The lowest BCUT2D eigenvalue weighted by atomic mass is 9.97. The van der Waals surface area contributed by atoms with Crippen LogP contribution in [0, 0.1) is 0 Å². The summed E-state index contributed by atoms with van der Waals surface area (Å²) in [4.78, 5) is 30.2. The quantitative estimate of drug-likeness (QED) is 0.812. The number of fused-ring (bicyclic) bond motifs is 2. The van der Waals surface area contributed by atoms with Crippen LogP contribution in [0.25, 0.3) is 10.9 Å². The van der Waals surface area contributed by atoms with Crippen LogP contribution in [0.4, 0.5) is 0 Å². The summed E-state index contributed by atoms with van der Waals surface area (Å²) >= 11 is 0. The number of hydrogen-bond donors (Lipinski definition) is 1. The maximum absolute atomic E-state index is 12.9. The van der Waals surface area contributed by atoms with Crippen molar-refractivity contribution in [3.05, 3.63) is 51.6 Å².